The summed E-state index contributed by atoms with van der Waals surface area (Å²) in [6.45, 7) is 11.7. The number of aliphatic imine (C=N–C) groups is 1. The minimum atomic E-state index is 0. The van der Waals surface area contributed by atoms with Crippen molar-refractivity contribution < 1.29 is 0 Å². The molecule has 1 aromatic heterocycles. The predicted octanol–water partition coefficient (Wildman–Crippen LogP) is 3.31. The van der Waals surface area contributed by atoms with Gasteiger partial charge in [0.2, 0.25) is 5.13 Å². The first-order chi connectivity index (χ1) is 12.7. The fraction of sp³-hybridized carbons (Fsp3) is 0.526. The molecule has 6 nitrogen and oxygen atoms in total. The van der Waals surface area contributed by atoms with Gasteiger partial charge < -0.3 is 15.1 Å². The Bertz CT molecular complexity index is 722. The van der Waals surface area contributed by atoms with Crippen LogP contribution in [0.5, 0.6) is 0 Å². The van der Waals surface area contributed by atoms with Crippen molar-refractivity contribution in [2.45, 2.75) is 33.7 Å². The second-order valence-electron chi connectivity index (χ2n) is 6.48. The molecule has 0 aliphatic carbocycles. The molecule has 148 valence electrons. The molecular weight excluding hydrogens is 471 g/mol. The Morgan fingerprint density at radius 1 is 1.15 bits per heavy atom. The van der Waals surface area contributed by atoms with E-state index in [1.165, 1.54) is 22.7 Å². The number of benzene rings is 1. The lowest BCUT2D eigenvalue weighted by Crippen LogP contribution is -2.52. The first-order valence-corrected chi connectivity index (χ1v) is 10.1. The number of hydrogen-bond acceptors (Lipinski definition) is 5. The highest BCUT2D eigenvalue weighted by molar-refractivity contribution is 14.0. The van der Waals surface area contributed by atoms with Gasteiger partial charge in [0, 0.05) is 50.7 Å². The van der Waals surface area contributed by atoms with Crippen LogP contribution in [0.1, 0.15) is 30.8 Å². The van der Waals surface area contributed by atoms with Gasteiger partial charge >= 0.3 is 0 Å². The molecule has 1 aliphatic heterocycles. The van der Waals surface area contributed by atoms with Crippen LogP contribution in [0.3, 0.4) is 0 Å². The molecule has 2 heterocycles. The summed E-state index contributed by atoms with van der Waals surface area (Å²) in [5.74, 6) is 1.94. The molecule has 0 radical (unpaired) electrons. The molecule has 1 saturated heterocycles. The molecule has 1 N–H and O–H groups in total. The van der Waals surface area contributed by atoms with Crippen molar-refractivity contribution in [2.75, 3.05) is 37.6 Å². The fourth-order valence-corrected chi connectivity index (χ4v) is 3.71. The van der Waals surface area contributed by atoms with Crippen molar-refractivity contribution in [2.24, 2.45) is 4.99 Å². The van der Waals surface area contributed by atoms with Gasteiger partial charge in [-0.1, -0.05) is 36.8 Å². The summed E-state index contributed by atoms with van der Waals surface area (Å²) in [7, 11) is 0. The van der Waals surface area contributed by atoms with Crippen LogP contribution in [-0.2, 0) is 13.0 Å². The molecule has 1 aliphatic rings. The molecule has 27 heavy (non-hydrogen) atoms. The van der Waals surface area contributed by atoms with Crippen molar-refractivity contribution in [3.63, 3.8) is 0 Å². The average molecular weight is 500 g/mol. The minimum absolute atomic E-state index is 0. The van der Waals surface area contributed by atoms with Crippen LogP contribution in [0, 0.1) is 6.92 Å². The summed E-state index contributed by atoms with van der Waals surface area (Å²) in [6, 6.07) is 8.59. The van der Waals surface area contributed by atoms with E-state index in [1.807, 2.05) is 0 Å². The summed E-state index contributed by atoms with van der Waals surface area (Å²) in [4.78, 5) is 14.1. The molecule has 3 rings (SSSR count). The largest absolute Gasteiger partial charge is 0.357 e. The smallest absolute Gasteiger partial charge is 0.205 e. The third kappa shape index (κ3) is 6.03. The van der Waals surface area contributed by atoms with Gasteiger partial charge in [-0.05, 0) is 19.4 Å². The zero-order valence-corrected chi connectivity index (χ0v) is 19.5. The van der Waals surface area contributed by atoms with E-state index < -0.39 is 0 Å². The quantitative estimate of drug-likeness (QED) is 0.388. The Labute approximate surface area is 183 Å². The number of nitrogens with one attached hydrogen (secondary N) is 1. The summed E-state index contributed by atoms with van der Waals surface area (Å²) >= 11 is 1.51. The first kappa shape index (κ1) is 21.9. The highest BCUT2D eigenvalue weighted by Gasteiger charge is 2.21. The SMILES string of the molecule is CCNC(=NCc1ccc(C)cc1)N1CCN(c2nc(CC)ns2)CC1.I. The number of halogens is 1. The van der Waals surface area contributed by atoms with Crippen LogP contribution in [-0.4, -0.2) is 52.9 Å². The van der Waals surface area contributed by atoms with Gasteiger partial charge in [0.15, 0.2) is 5.96 Å². The van der Waals surface area contributed by atoms with Gasteiger partial charge in [0.1, 0.15) is 5.82 Å². The van der Waals surface area contributed by atoms with E-state index in [0.717, 1.165) is 56.1 Å². The first-order valence-electron chi connectivity index (χ1n) is 9.36. The lowest BCUT2D eigenvalue weighted by molar-refractivity contribution is 0.372. The van der Waals surface area contributed by atoms with Gasteiger partial charge in [-0.25, -0.2) is 9.98 Å². The standard InChI is InChI=1S/C19H28N6S.HI/c1-4-17-22-19(26-23-17)25-12-10-24(11-13-25)18(20-5-2)21-14-16-8-6-15(3)7-9-16;/h6-9H,4-5,10-14H2,1-3H3,(H,20,21);1H. The number of aryl methyl sites for hydroxylation is 2. The zero-order chi connectivity index (χ0) is 18.4. The van der Waals surface area contributed by atoms with Crippen molar-refractivity contribution >= 4 is 46.6 Å². The van der Waals surface area contributed by atoms with E-state index in [1.54, 1.807) is 0 Å². The van der Waals surface area contributed by atoms with E-state index in [9.17, 15) is 0 Å². The van der Waals surface area contributed by atoms with Crippen LogP contribution in [0.4, 0.5) is 5.13 Å². The second kappa shape index (κ2) is 10.8. The van der Waals surface area contributed by atoms with Crippen molar-refractivity contribution in [1.29, 1.82) is 0 Å². The normalized spacial score (nSPS) is 14.9. The van der Waals surface area contributed by atoms with Crippen LogP contribution in [0.2, 0.25) is 0 Å². The maximum atomic E-state index is 4.84. The maximum absolute atomic E-state index is 4.84. The van der Waals surface area contributed by atoms with Crippen LogP contribution < -0.4 is 10.2 Å². The second-order valence-corrected chi connectivity index (χ2v) is 7.21. The van der Waals surface area contributed by atoms with Crippen molar-refractivity contribution in [1.82, 2.24) is 19.6 Å². The molecular formula is C19H29IN6S. The highest BCUT2D eigenvalue weighted by atomic mass is 127. The van der Waals surface area contributed by atoms with Crippen molar-refractivity contribution in [3.8, 4) is 0 Å². The Morgan fingerprint density at radius 3 is 2.44 bits per heavy atom. The highest BCUT2D eigenvalue weighted by Crippen LogP contribution is 2.19. The zero-order valence-electron chi connectivity index (χ0n) is 16.3. The lowest BCUT2D eigenvalue weighted by Gasteiger charge is -2.36. The fourth-order valence-electron chi connectivity index (χ4n) is 2.91. The third-order valence-electron chi connectivity index (χ3n) is 4.49. The van der Waals surface area contributed by atoms with Gasteiger partial charge in [0.05, 0.1) is 6.54 Å². The molecule has 0 saturated carbocycles. The van der Waals surface area contributed by atoms with Crippen LogP contribution in [0.25, 0.3) is 0 Å². The van der Waals surface area contributed by atoms with E-state index in [-0.39, 0.29) is 24.0 Å². The molecule has 1 fully saturated rings. The molecule has 0 atom stereocenters. The summed E-state index contributed by atoms with van der Waals surface area (Å²) in [5, 5.41) is 4.48. The number of hydrogen-bond donors (Lipinski definition) is 1. The molecule has 0 amide bonds. The van der Waals surface area contributed by atoms with Gasteiger partial charge in [-0.15, -0.1) is 24.0 Å². The minimum Gasteiger partial charge on any atom is -0.357 e. The molecule has 0 unspecified atom stereocenters. The number of nitrogens with zero attached hydrogens (tertiary/aromatic N) is 5. The van der Waals surface area contributed by atoms with Gasteiger partial charge in [-0.3, -0.25) is 0 Å². The Kier molecular flexibility index (Phi) is 8.75. The van der Waals surface area contributed by atoms with E-state index in [0.29, 0.717) is 6.54 Å². The molecule has 0 bridgehead atoms. The molecule has 0 spiro atoms. The topological polar surface area (TPSA) is 56.7 Å². The maximum Gasteiger partial charge on any atom is 0.205 e. The van der Waals surface area contributed by atoms with E-state index >= 15 is 0 Å². The van der Waals surface area contributed by atoms with E-state index in [4.69, 9.17) is 4.99 Å². The van der Waals surface area contributed by atoms with Gasteiger partial charge in [0.25, 0.3) is 0 Å². The number of anilines is 1. The monoisotopic (exact) mass is 500 g/mol. The predicted molar refractivity (Wildman–Crippen MR) is 124 cm³/mol. The summed E-state index contributed by atoms with van der Waals surface area (Å²) in [5.41, 5.74) is 2.52. The Balaban J connectivity index is 0.00000261. The average Bonchev–Trinajstić information content (AvgIpc) is 3.16. The number of rotatable bonds is 5. The molecule has 8 heteroatoms. The molecule has 2 aromatic rings. The number of piperazine rings is 1. The van der Waals surface area contributed by atoms with Crippen LogP contribution in [0.15, 0.2) is 29.3 Å². The van der Waals surface area contributed by atoms with Crippen LogP contribution >= 0.6 is 35.5 Å². The third-order valence-corrected chi connectivity index (χ3v) is 5.31. The van der Waals surface area contributed by atoms with Gasteiger partial charge in [-0.2, -0.15) is 4.37 Å². The van der Waals surface area contributed by atoms with E-state index in [2.05, 4.69) is 69.5 Å². The Hall–Kier alpha value is -1.42. The molecule has 1 aromatic carbocycles. The lowest BCUT2D eigenvalue weighted by atomic mass is 10.1. The van der Waals surface area contributed by atoms with Crippen molar-refractivity contribution in [3.05, 3.63) is 41.2 Å². The number of aromatic nitrogens is 2. The summed E-state index contributed by atoms with van der Waals surface area (Å²) in [6.07, 6.45) is 0.896. The number of guanidine groups is 1. The summed E-state index contributed by atoms with van der Waals surface area (Å²) < 4.78 is 4.40. The Morgan fingerprint density at radius 2 is 1.85 bits per heavy atom.